The Morgan fingerprint density at radius 3 is 2.39 bits per heavy atom. The number of nitrogens with one attached hydrogen (secondary N) is 2. The second-order valence-electron chi connectivity index (χ2n) is 7.35. The van der Waals surface area contributed by atoms with Crippen LogP contribution in [-0.2, 0) is 5.41 Å². The highest BCUT2D eigenvalue weighted by molar-refractivity contribution is 7.00. The molecular formula is C19H17N5O3S. The van der Waals surface area contributed by atoms with Gasteiger partial charge in [0.1, 0.15) is 33.2 Å². The van der Waals surface area contributed by atoms with Crippen LogP contribution >= 0.6 is 11.7 Å². The molecule has 4 rings (SSSR count). The average molecular weight is 395 g/mol. The Balaban J connectivity index is 1.82. The molecule has 0 amide bonds. The quantitative estimate of drug-likeness (QED) is 0.523. The van der Waals surface area contributed by atoms with Crippen molar-refractivity contribution in [3.63, 3.8) is 0 Å². The van der Waals surface area contributed by atoms with Crippen molar-refractivity contribution in [2.75, 3.05) is 0 Å². The van der Waals surface area contributed by atoms with Crippen molar-refractivity contribution < 1.29 is 4.42 Å². The number of hydrogen-bond donors (Lipinski definition) is 2. The fourth-order valence-corrected chi connectivity index (χ4v) is 3.32. The van der Waals surface area contributed by atoms with E-state index >= 15 is 0 Å². The van der Waals surface area contributed by atoms with Gasteiger partial charge in [-0.25, -0.2) is 4.98 Å². The Morgan fingerprint density at radius 2 is 1.68 bits per heavy atom. The van der Waals surface area contributed by atoms with Crippen LogP contribution in [0.5, 0.6) is 0 Å². The summed E-state index contributed by atoms with van der Waals surface area (Å²) in [4.78, 5) is 34.4. The number of fused-ring (bicyclic) bond motifs is 1. The monoisotopic (exact) mass is 395 g/mol. The van der Waals surface area contributed by atoms with Crippen LogP contribution in [0.4, 0.5) is 0 Å². The first-order valence-corrected chi connectivity index (χ1v) is 9.27. The van der Waals surface area contributed by atoms with Gasteiger partial charge in [0.15, 0.2) is 6.39 Å². The lowest BCUT2D eigenvalue weighted by molar-refractivity contribution is 0.407. The summed E-state index contributed by atoms with van der Waals surface area (Å²) in [5.74, 6) is 0.633. The molecule has 1 aromatic carbocycles. The number of H-pyrrole nitrogens is 2. The van der Waals surface area contributed by atoms with E-state index in [9.17, 15) is 9.59 Å². The van der Waals surface area contributed by atoms with Crippen LogP contribution in [0.2, 0.25) is 0 Å². The molecule has 0 bridgehead atoms. The Bertz CT molecular complexity index is 1400. The number of rotatable bonds is 2. The molecule has 8 nitrogen and oxygen atoms in total. The molecule has 0 radical (unpaired) electrons. The van der Waals surface area contributed by atoms with Crippen LogP contribution < -0.4 is 21.8 Å². The van der Waals surface area contributed by atoms with Gasteiger partial charge in [0.25, 0.3) is 11.1 Å². The molecule has 0 fully saturated rings. The van der Waals surface area contributed by atoms with Gasteiger partial charge < -0.3 is 14.4 Å². The Morgan fingerprint density at radius 1 is 1.00 bits per heavy atom. The van der Waals surface area contributed by atoms with Gasteiger partial charge in [0.05, 0.1) is 11.7 Å². The zero-order valence-corrected chi connectivity index (χ0v) is 16.3. The maximum Gasteiger partial charge on any atom is 0.272 e. The lowest BCUT2D eigenvalue weighted by Crippen LogP contribution is -2.46. The number of nitrogens with zero attached hydrogens (tertiary/aromatic N) is 3. The largest absolute Gasteiger partial charge is 0.447 e. The zero-order chi connectivity index (χ0) is 19.9. The number of aromatic nitrogens is 5. The number of hydrogen-bond acceptors (Lipinski definition) is 7. The summed E-state index contributed by atoms with van der Waals surface area (Å²) in [5, 5.41) is 0.265. The van der Waals surface area contributed by atoms with Crippen molar-refractivity contribution in [3.05, 3.63) is 73.0 Å². The highest BCUT2D eigenvalue weighted by Crippen LogP contribution is 2.25. The SMILES string of the molecule is CC(C)(C)c1ocnc1C=c1[nH]c(=O)c(=Cc2ccc3nsnc3c2)[nH]c1=O. The lowest BCUT2D eigenvalue weighted by atomic mass is 9.92. The molecule has 4 aromatic rings. The molecule has 28 heavy (non-hydrogen) atoms. The van der Waals surface area contributed by atoms with Crippen molar-refractivity contribution in [1.82, 2.24) is 23.7 Å². The lowest BCUT2D eigenvalue weighted by Gasteiger charge is -2.14. The number of oxazole rings is 1. The third kappa shape index (κ3) is 3.44. The van der Waals surface area contributed by atoms with Gasteiger partial charge in [-0.1, -0.05) is 26.8 Å². The van der Waals surface area contributed by atoms with Crippen LogP contribution in [0, 0.1) is 0 Å². The summed E-state index contributed by atoms with van der Waals surface area (Å²) in [6.07, 6.45) is 4.44. The van der Waals surface area contributed by atoms with Gasteiger partial charge >= 0.3 is 0 Å². The minimum absolute atomic E-state index is 0.112. The summed E-state index contributed by atoms with van der Waals surface area (Å²) >= 11 is 1.12. The van der Waals surface area contributed by atoms with E-state index in [1.165, 1.54) is 12.5 Å². The van der Waals surface area contributed by atoms with E-state index in [1.807, 2.05) is 39.0 Å². The van der Waals surface area contributed by atoms with Crippen LogP contribution in [0.1, 0.15) is 37.8 Å². The van der Waals surface area contributed by atoms with E-state index in [0.717, 1.165) is 28.3 Å². The predicted octanol–water partition coefficient (Wildman–Crippen LogP) is 1.01. The highest BCUT2D eigenvalue weighted by Gasteiger charge is 2.21. The van der Waals surface area contributed by atoms with Crippen LogP contribution in [-0.4, -0.2) is 23.7 Å². The first kappa shape index (κ1) is 18.1. The maximum atomic E-state index is 12.5. The molecule has 0 aliphatic rings. The Kier molecular flexibility index (Phi) is 4.31. The van der Waals surface area contributed by atoms with Gasteiger partial charge in [-0.3, -0.25) is 9.59 Å². The van der Waals surface area contributed by atoms with Crippen molar-refractivity contribution in [2.45, 2.75) is 26.2 Å². The van der Waals surface area contributed by atoms with Gasteiger partial charge in [-0.2, -0.15) is 8.75 Å². The van der Waals surface area contributed by atoms with Crippen molar-refractivity contribution >= 4 is 34.9 Å². The molecule has 0 spiro atoms. The summed E-state index contributed by atoms with van der Waals surface area (Å²) in [5.41, 5.74) is 1.65. The molecule has 0 saturated heterocycles. The third-order valence-corrected chi connectivity index (χ3v) is 4.69. The first-order chi connectivity index (χ1) is 13.3. The first-order valence-electron chi connectivity index (χ1n) is 8.53. The normalized spacial score (nSPS) is 13.5. The van der Waals surface area contributed by atoms with Crippen molar-refractivity contribution in [3.8, 4) is 0 Å². The summed E-state index contributed by atoms with van der Waals surface area (Å²) < 4.78 is 13.8. The molecule has 3 aromatic heterocycles. The molecule has 3 heterocycles. The third-order valence-electron chi connectivity index (χ3n) is 4.13. The van der Waals surface area contributed by atoms with E-state index in [1.54, 1.807) is 6.08 Å². The molecule has 142 valence electrons. The highest BCUT2D eigenvalue weighted by atomic mass is 32.1. The van der Waals surface area contributed by atoms with Crippen molar-refractivity contribution in [1.29, 1.82) is 0 Å². The van der Waals surface area contributed by atoms with E-state index in [-0.39, 0.29) is 16.1 Å². The topological polar surface area (TPSA) is 118 Å². The maximum absolute atomic E-state index is 12.5. The number of benzene rings is 1. The Labute approximate surface area is 162 Å². The van der Waals surface area contributed by atoms with E-state index in [0.29, 0.717) is 11.5 Å². The predicted molar refractivity (Wildman–Crippen MR) is 107 cm³/mol. The van der Waals surface area contributed by atoms with E-state index in [4.69, 9.17) is 4.42 Å². The van der Waals surface area contributed by atoms with Gasteiger partial charge in [0, 0.05) is 5.41 Å². The summed E-state index contributed by atoms with van der Waals surface area (Å²) in [6.45, 7) is 5.93. The van der Waals surface area contributed by atoms with Crippen molar-refractivity contribution in [2.24, 2.45) is 0 Å². The second kappa shape index (κ2) is 6.68. The molecule has 0 unspecified atom stereocenters. The average Bonchev–Trinajstić information content (AvgIpc) is 3.27. The molecule has 0 atom stereocenters. The molecule has 0 aliphatic heterocycles. The Hall–Kier alpha value is -3.33. The number of aromatic amines is 2. The van der Waals surface area contributed by atoms with E-state index in [2.05, 4.69) is 23.7 Å². The van der Waals surface area contributed by atoms with Crippen LogP contribution in [0.25, 0.3) is 23.2 Å². The molecule has 0 aliphatic carbocycles. The van der Waals surface area contributed by atoms with Gasteiger partial charge in [-0.05, 0) is 29.8 Å². The summed E-state index contributed by atoms with van der Waals surface area (Å²) in [7, 11) is 0. The second-order valence-corrected chi connectivity index (χ2v) is 7.88. The fourth-order valence-electron chi connectivity index (χ4n) is 2.81. The van der Waals surface area contributed by atoms with Gasteiger partial charge in [-0.15, -0.1) is 0 Å². The van der Waals surface area contributed by atoms with Gasteiger partial charge in [0.2, 0.25) is 0 Å². The minimum Gasteiger partial charge on any atom is -0.447 e. The molecule has 0 saturated carbocycles. The molecule has 2 N–H and O–H groups in total. The molecule has 9 heteroatoms. The van der Waals surface area contributed by atoms with Crippen LogP contribution in [0.15, 0.2) is 38.6 Å². The standard InChI is InChI=1S/C19H17N5O3S/c1-19(2,3)16-13(20-9-27-16)8-15-18(26)21-14(17(25)22-15)7-10-4-5-11-12(6-10)24-28-23-11/h4-9H,1-3H3,(H,21,26)(H,22,25). The smallest absolute Gasteiger partial charge is 0.272 e. The van der Waals surface area contributed by atoms with Crippen LogP contribution in [0.3, 0.4) is 0 Å². The molecular weight excluding hydrogens is 378 g/mol. The van der Waals surface area contributed by atoms with E-state index < -0.39 is 11.1 Å². The minimum atomic E-state index is -0.426. The summed E-state index contributed by atoms with van der Waals surface area (Å²) in [6, 6.07) is 5.44. The fraction of sp³-hybridized carbons (Fsp3) is 0.211. The zero-order valence-electron chi connectivity index (χ0n) is 15.4.